The van der Waals surface area contributed by atoms with Crippen molar-refractivity contribution in [3.63, 3.8) is 0 Å². The second-order valence-corrected chi connectivity index (χ2v) is 3.47. The Hall–Kier alpha value is -1.19. The molecule has 2 aromatic rings. The minimum atomic E-state index is 0.156. The average molecular weight is 212 g/mol. The van der Waals surface area contributed by atoms with Gasteiger partial charge in [0.15, 0.2) is 11.3 Å². The lowest BCUT2D eigenvalue weighted by molar-refractivity contribution is 0.456. The fraction of sp³-hybridized carbons (Fsp3) is 0.200. The molecule has 3 nitrogen and oxygen atoms in total. The fourth-order valence-corrected chi connectivity index (χ4v) is 1.73. The number of phenolic OH excluding ortho intramolecular Hbond substituents is 1. The lowest BCUT2D eigenvalue weighted by Gasteiger charge is -2.05. The van der Waals surface area contributed by atoms with Crippen LogP contribution in [0.15, 0.2) is 22.8 Å². The number of rotatable bonds is 2. The second-order valence-electron chi connectivity index (χ2n) is 3.06. The van der Waals surface area contributed by atoms with Crippen LogP contribution in [0.2, 0.25) is 5.02 Å². The van der Waals surface area contributed by atoms with E-state index in [2.05, 4.69) is 5.32 Å². The Morgan fingerprint density at radius 3 is 3.07 bits per heavy atom. The van der Waals surface area contributed by atoms with E-state index in [-0.39, 0.29) is 5.75 Å². The normalized spacial score (nSPS) is 11.0. The van der Waals surface area contributed by atoms with Gasteiger partial charge in [-0.2, -0.15) is 0 Å². The van der Waals surface area contributed by atoms with Gasteiger partial charge in [-0.25, -0.2) is 0 Å². The molecule has 1 heterocycles. The van der Waals surface area contributed by atoms with Crippen molar-refractivity contribution in [3.05, 3.63) is 29.0 Å². The van der Waals surface area contributed by atoms with Crippen LogP contribution >= 0.6 is 11.6 Å². The maximum atomic E-state index is 9.80. The van der Waals surface area contributed by atoms with E-state index in [0.29, 0.717) is 17.2 Å². The SMILES string of the molecule is CNCc1cc(Cl)c2ccoc2c1O. The van der Waals surface area contributed by atoms with E-state index >= 15 is 0 Å². The number of aromatic hydroxyl groups is 1. The third kappa shape index (κ3) is 1.35. The number of hydrogen-bond donors (Lipinski definition) is 2. The summed E-state index contributed by atoms with van der Waals surface area (Å²) in [5, 5.41) is 14.1. The molecule has 2 N–H and O–H groups in total. The average Bonchev–Trinajstić information content (AvgIpc) is 2.63. The van der Waals surface area contributed by atoms with Crippen LogP contribution < -0.4 is 5.32 Å². The second kappa shape index (κ2) is 3.52. The molecule has 0 atom stereocenters. The van der Waals surface area contributed by atoms with E-state index in [0.717, 1.165) is 10.9 Å². The zero-order valence-electron chi connectivity index (χ0n) is 7.67. The largest absolute Gasteiger partial charge is 0.504 e. The van der Waals surface area contributed by atoms with Gasteiger partial charge in [-0.3, -0.25) is 0 Å². The summed E-state index contributed by atoms with van der Waals surface area (Å²) in [7, 11) is 1.81. The maximum absolute atomic E-state index is 9.80. The minimum Gasteiger partial charge on any atom is -0.504 e. The number of fused-ring (bicyclic) bond motifs is 1. The Morgan fingerprint density at radius 1 is 1.57 bits per heavy atom. The van der Waals surface area contributed by atoms with E-state index in [4.69, 9.17) is 16.0 Å². The first-order valence-corrected chi connectivity index (χ1v) is 4.64. The molecule has 0 fully saturated rings. The molecule has 0 saturated carbocycles. The predicted octanol–water partition coefficient (Wildman–Crippen LogP) is 2.51. The van der Waals surface area contributed by atoms with Crippen molar-refractivity contribution in [1.29, 1.82) is 0 Å². The van der Waals surface area contributed by atoms with Gasteiger partial charge in [0.2, 0.25) is 0 Å². The number of hydrogen-bond acceptors (Lipinski definition) is 3. The molecule has 14 heavy (non-hydrogen) atoms. The van der Waals surface area contributed by atoms with Gasteiger partial charge in [-0.1, -0.05) is 11.6 Å². The van der Waals surface area contributed by atoms with Gasteiger partial charge in [0, 0.05) is 17.5 Å². The van der Waals surface area contributed by atoms with Gasteiger partial charge in [-0.05, 0) is 19.2 Å². The quantitative estimate of drug-likeness (QED) is 0.803. The monoisotopic (exact) mass is 211 g/mol. The van der Waals surface area contributed by atoms with Crippen molar-refractivity contribution < 1.29 is 9.52 Å². The van der Waals surface area contributed by atoms with Crippen molar-refractivity contribution >= 4 is 22.6 Å². The smallest absolute Gasteiger partial charge is 0.177 e. The Labute approximate surface area is 86.3 Å². The molecule has 0 unspecified atom stereocenters. The van der Waals surface area contributed by atoms with E-state index < -0.39 is 0 Å². The minimum absolute atomic E-state index is 0.156. The van der Waals surface area contributed by atoms with Gasteiger partial charge >= 0.3 is 0 Å². The summed E-state index contributed by atoms with van der Waals surface area (Å²) in [4.78, 5) is 0. The van der Waals surface area contributed by atoms with E-state index in [1.54, 1.807) is 19.2 Å². The van der Waals surface area contributed by atoms with E-state index in [1.165, 1.54) is 6.26 Å². The lowest BCUT2D eigenvalue weighted by Crippen LogP contribution is -2.05. The molecular formula is C10H10ClNO2. The number of furan rings is 1. The first kappa shape index (κ1) is 9.37. The molecule has 0 bridgehead atoms. The van der Waals surface area contributed by atoms with Crippen LogP contribution in [-0.2, 0) is 6.54 Å². The molecule has 2 rings (SSSR count). The van der Waals surface area contributed by atoms with Crippen molar-refractivity contribution in [2.24, 2.45) is 0 Å². The van der Waals surface area contributed by atoms with E-state index in [1.807, 2.05) is 0 Å². The van der Waals surface area contributed by atoms with Crippen LogP contribution in [0.4, 0.5) is 0 Å². The molecule has 4 heteroatoms. The van der Waals surface area contributed by atoms with Gasteiger partial charge in [0.05, 0.1) is 11.3 Å². The molecule has 0 amide bonds. The van der Waals surface area contributed by atoms with Gasteiger partial charge in [0.25, 0.3) is 0 Å². The third-order valence-electron chi connectivity index (χ3n) is 2.11. The van der Waals surface area contributed by atoms with Crippen LogP contribution in [0.25, 0.3) is 11.0 Å². The van der Waals surface area contributed by atoms with E-state index in [9.17, 15) is 5.11 Å². The molecule has 0 aliphatic carbocycles. The Bertz CT molecular complexity index is 464. The highest BCUT2D eigenvalue weighted by Gasteiger charge is 2.12. The number of halogens is 1. The molecule has 0 radical (unpaired) electrons. The summed E-state index contributed by atoms with van der Waals surface area (Å²) in [6.07, 6.45) is 1.51. The molecule has 1 aromatic heterocycles. The van der Waals surface area contributed by atoms with Crippen LogP contribution in [-0.4, -0.2) is 12.2 Å². The summed E-state index contributed by atoms with van der Waals surface area (Å²) in [5.74, 6) is 0.156. The Balaban J connectivity index is 2.68. The van der Waals surface area contributed by atoms with Crippen LogP contribution in [0, 0.1) is 0 Å². The van der Waals surface area contributed by atoms with Crippen molar-refractivity contribution in [2.75, 3.05) is 7.05 Å². The van der Waals surface area contributed by atoms with Crippen LogP contribution in [0.3, 0.4) is 0 Å². The highest BCUT2D eigenvalue weighted by molar-refractivity contribution is 6.35. The zero-order chi connectivity index (χ0) is 10.1. The summed E-state index contributed by atoms with van der Waals surface area (Å²) in [6.45, 7) is 0.558. The molecule has 74 valence electrons. The number of benzene rings is 1. The topological polar surface area (TPSA) is 45.4 Å². The summed E-state index contributed by atoms with van der Waals surface area (Å²) in [6, 6.07) is 3.48. The van der Waals surface area contributed by atoms with Crippen LogP contribution in [0.5, 0.6) is 5.75 Å². The van der Waals surface area contributed by atoms with Crippen LogP contribution in [0.1, 0.15) is 5.56 Å². The molecule has 0 spiro atoms. The highest BCUT2D eigenvalue weighted by atomic mass is 35.5. The van der Waals surface area contributed by atoms with Gasteiger partial charge in [0.1, 0.15) is 0 Å². The predicted molar refractivity (Wildman–Crippen MR) is 55.7 cm³/mol. The summed E-state index contributed by atoms with van der Waals surface area (Å²) in [5.41, 5.74) is 1.18. The molecule has 0 aliphatic rings. The lowest BCUT2D eigenvalue weighted by atomic mass is 10.1. The fourth-order valence-electron chi connectivity index (χ4n) is 1.45. The maximum Gasteiger partial charge on any atom is 0.177 e. The Morgan fingerprint density at radius 2 is 2.36 bits per heavy atom. The standard InChI is InChI=1S/C10H10ClNO2/c1-12-5-6-4-8(11)7-2-3-14-10(7)9(6)13/h2-4,12-13H,5H2,1H3. The number of nitrogens with one attached hydrogen (secondary N) is 1. The molecular weight excluding hydrogens is 202 g/mol. The van der Waals surface area contributed by atoms with Crippen molar-refractivity contribution in [2.45, 2.75) is 6.54 Å². The third-order valence-corrected chi connectivity index (χ3v) is 2.42. The summed E-state index contributed by atoms with van der Waals surface area (Å²) < 4.78 is 5.15. The van der Waals surface area contributed by atoms with Crippen molar-refractivity contribution in [3.8, 4) is 5.75 Å². The highest BCUT2D eigenvalue weighted by Crippen LogP contribution is 2.34. The Kier molecular flexibility index (Phi) is 2.35. The first-order valence-electron chi connectivity index (χ1n) is 4.26. The summed E-state index contributed by atoms with van der Waals surface area (Å²) >= 11 is 6.01. The molecule has 1 aromatic carbocycles. The molecule has 0 aliphatic heterocycles. The van der Waals surface area contributed by atoms with Gasteiger partial charge in [-0.15, -0.1) is 0 Å². The van der Waals surface area contributed by atoms with Crippen molar-refractivity contribution in [1.82, 2.24) is 5.32 Å². The first-order chi connectivity index (χ1) is 6.74. The molecule has 0 saturated heterocycles. The van der Waals surface area contributed by atoms with Gasteiger partial charge < -0.3 is 14.8 Å². The number of phenols is 1. The zero-order valence-corrected chi connectivity index (χ0v) is 8.43.